The maximum absolute atomic E-state index is 12.2. The summed E-state index contributed by atoms with van der Waals surface area (Å²) in [6.07, 6.45) is 3.67. The van der Waals surface area contributed by atoms with Gasteiger partial charge in [-0.05, 0) is 142 Å². The molecule has 0 N–H and O–H groups in total. The number of carbonyl (C=O) groups excluding carboxylic acids is 2. The van der Waals surface area contributed by atoms with Crippen LogP contribution in [0, 0.1) is 0 Å². The number of rotatable bonds is 21. The third kappa shape index (κ3) is 11.2. The van der Waals surface area contributed by atoms with Gasteiger partial charge in [0, 0.05) is 54.7 Å². The Bertz CT molecular complexity index is 2460. The summed E-state index contributed by atoms with van der Waals surface area (Å²) in [5.41, 5.74) is 6.30. The van der Waals surface area contributed by atoms with E-state index in [0.29, 0.717) is 49.6 Å². The van der Waals surface area contributed by atoms with Gasteiger partial charge in [-0.25, -0.2) is 0 Å². The van der Waals surface area contributed by atoms with Crippen molar-refractivity contribution < 1.29 is 28.5 Å². The number of likely N-dealkylation sites (tertiary alicyclic amines) is 1. The Kier molecular flexibility index (Phi) is 15.0. The summed E-state index contributed by atoms with van der Waals surface area (Å²) in [7, 11) is 0. The molecule has 0 unspecified atom stereocenters. The van der Waals surface area contributed by atoms with Crippen LogP contribution in [0.15, 0.2) is 109 Å². The number of Topliss-reactive ketones (excluding diaryl/α,β-unsaturated/α-hetero) is 2. The lowest BCUT2D eigenvalue weighted by atomic mass is 9.90. The van der Waals surface area contributed by atoms with Crippen molar-refractivity contribution in [3.63, 3.8) is 0 Å². The van der Waals surface area contributed by atoms with Crippen LogP contribution < -0.4 is 18.9 Å². The summed E-state index contributed by atoms with van der Waals surface area (Å²) < 4.78 is 25.2. The quantitative estimate of drug-likeness (QED) is 0.0710. The van der Waals surface area contributed by atoms with Crippen molar-refractivity contribution in [3.8, 4) is 34.1 Å². The molecule has 8 nitrogen and oxygen atoms in total. The maximum Gasteiger partial charge on any atom is 0.167 e. The lowest BCUT2D eigenvalue weighted by Crippen LogP contribution is -2.39. The summed E-state index contributed by atoms with van der Waals surface area (Å²) in [4.78, 5) is 29.1. The summed E-state index contributed by atoms with van der Waals surface area (Å²) in [6.45, 7) is 17.2. The highest BCUT2D eigenvalue weighted by Crippen LogP contribution is 2.41. The fourth-order valence-corrected chi connectivity index (χ4v) is 8.75. The molecule has 0 saturated carbocycles. The molecule has 0 aromatic heterocycles. The van der Waals surface area contributed by atoms with Gasteiger partial charge in [-0.1, -0.05) is 72.8 Å². The van der Waals surface area contributed by atoms with E-state index in [1.165, 1.54) is 12.8 Å². The highest BCUT2D eigenvalue weighted by atomic mass is 16.5. The molecule has 0 spiro atoms. The number of carbonyl (C=O) groups is 2. The van der Waals surface area contributed by atoms with Crippen molar-refractivity contribution in [3.05, 3.63) is 131 Å². The molecule has 8 heteroatoms. The summed E-state index contributed by atoms with van der Waals surface area (Å²) in [5.74, 6) is 3.01. The van der Waals surface area contributed by atoms with E-state index in [-0.39, 0.29) is 24.8 Å². The highest BCUT2D eigenvalue weighted by Gasteiger charge is 2.20. The van der Waals surface area contributed by atoms with E-state index in [9.17, 15) is 9.59 Å². The molecule has 1 saturated heterocycles. The number of fused-ring (bicyclic) bond motifs is 2. The minimum absolute atomic E-state index is 0.00190. The minimum Gasteiger partial charge on any atom is -0.492 e. The van der Waals surface area contributed by atoms with Gasteiger partial charge in [0.2, 0.25) is 0 Å². The van der Waals surface area contributed by atoms with E-state index in [0.717, 1.165) is 92.6 Å². The monoisotopic (exact) mass is 834 g/mol. The van der Waals surface area contributed by atoms with Crippen LogP contribution >= 0.6 is 0 Å². The van der Waals surface area contributed by atoms with Crippen LogP contribution in [0.1, 0.15) is 76.6 Å². The Morgan fingerprint density at radius 2 is 1.19 bits per heavy atom. The van der Waals surface area contributed by atoms with Crippen LogP contribution in [0.2, 0.25) is 0 Å². The van der Waals surface area contributed by atoms with E-state index >= 15 is 0 Å². The molecule has 6 aromatic rings. The third-order valence-corrected chi connectivity index (χ3v) is 11.8. The third-order valence-electron chi connectivity index (χ3n) is 11.8. The number of hydrogen-bond donors (Lipinski definition) is 0. The van der Waals surface area contributed by atoms with Crippen molar-refractivity contribution in [1.82, 2.24) is 9.80 Å². The molecule has 324 valence electrons. The lowest BCUT2D eigenvalue weighted by Gasteiger charge is -2.30. The van der Waals surface area contributed by atoms with Crippen molar-refractivity contribution in [2.45, 2.75) is 79.3 Å². The Morgan fingerprint density at radius 1 is 0.581 bits per heavy atom. The van der Waals surface area contributed by atoms with E-state index in [1.807, 2.05) is 36.4 Å². The Labute approximate surface area is 367 Å². The highest BCUT2D eigenvalue weighted by molar-refractivity contribution is 6.01. The molecule has 0 aliphatic carbocycles. The molecule has 1 fully saturated rings. The molecule has 6 aromatic carbocycles. The van der Waals surface area contributed by atoms with Crippen molar-refractivity contribution in [2.75, 3.05) is 52.6 Å². The van der Waals surface area contributed by atoms with E-state index in [2.05, 4.69) is 110 Å². The smallest absolute Gasteiger partial charge is 0.167 e. The second kappa shape index (κ2) is 20.9. The van der Waals surface area contributed by atoms with Crippen LogP contribution in [-0.4, -0.2) is 86.1 Å². The standard InChI is InChI=1S/C54H62N2O6/c1-37(2)56(38(3)4)29-31-59-44-20-16-41(17-21-44)32-50-46-14-11-15-47(48(46)22-25-54(50)62-36-40(6)58)51-34-42(18-23-52(51)60-30-28-55-26-9-10-27-55)33-49-45-13-8-7-12-43(45)19-24-53(49)61-35-39(5)57/h7-8,11-25,34,37-38H,9-10,26-33,35-36H2,1-6H3. The van der Waals surface area contributed by atoms with Crippen LogP contribution in [0.25, 0.3) is 32.7 Å². The minimum atomic E-state index is -0.0339. The second-order valence-electron chi connectivity index (χ2n) is 17.2. The van der Waals surface area contributed by atoms with Gasteiger partial charge in [-0.3, -0.25) is 19.4 Å². The fourth-order valence-electron chi connectivity index (χ4n) is 8.75. The average Bonchev–Trinajstić information content (AvgIpc) is 3.78. The molecular formula is C54H62N2O6. The van der Waals surface area contributed by atoms with Gasteiger partial charge < -0.3 is 18.9 Å². The zero-order valence-electron chi connectivity index (χ0n) is 37.4. The zero-order valence-corrected chi connectivity index (χ0v) is 37.4. The van der Waals surface area contributed by atoms with Crippen molar-refractivity contribution in [2.24, 2.45) is 0 Å². The fraction of sp³-hybridized carbons (Fsp3) is 0.370. The zero-order chi connectivity index (χ0) is 43.6. The van der Waals surface area contributed by atoms with Crippen molar-refractivity contribution >= 4 is 33.1 Å². The van der Waals surface area contributed by atoms with Crippen molar-refractivity contribution in [1.29, 1.82) is 0 Å². The molecule has 1 heterocycles. The molecule has 1 aliphatic rings. The largest absolute Gasteiger partial charge is 0.492 e. The molecule has 0 atom stereocenters. The Balaban J connectivity index is 1.25. The number of nitrogens with zero attached hydrogens (tertiary/aromatic N) is 2. The van der Waals surface area contributed by atoms with Crippen LogP contribution in [0.4, 0.5) is 0 Å². The van der Waals surface area contributed by atoms with Crippen LogP contribution in [-0.2, 0) is 22.4 Å². The summed E-state index contributed by atoms with van der Waals surface area (Å²) in [5, 5.41) is 4.33. The summed E-state index contributed by atoms with van der Waals surface area (Å²) in [6, 6.07) is 38.6. The number of ether oxygens (including phenoxy) is 4. The number of ketones is 2. The van der Waals surface area contributed by atoms with E-state index < -0.39 is 0 Å². The lowest BCUT2D eigenvalue weighted by molar-refractivity contribution is -0.119. The van der Waals surface area contributed by atoms with E-state index in [1.54, 1.807) is 13.8 Å². The summed E-state index contributed by atoms with van der Waals surface area (Å²) >= 11 is 0. The predicted molar refractivity (Wildman–Crippen MR) is 251 cm³/mol. The van der Waals surface area contributed by atoms with Crippen LogP contribution in [0.3, 0.4) is 0 Å². The topological polar surface area (TPSA) is 77.5 Å². The molecule has 7 rings (SSSR count). The molecule has 62 heavy (non-hydrogen) atoms. The van der Waals surface area contributed by atoms with Crippen LogP contribution in [0.5, 0.6) is 23.0 Å². The SMILES string of the molecule is CC(=O)COc1ccc2ccccc2c1Cc1ccc(OCCN2CCCC2)c(-c2cccc3c(Cc4ccc(OCCN(C(C)C)C(C)C)cc4)c(OCC(C)=O)ccc23)c1. The molecule has 0 amide bonds. The molecule has 0 bridgehead atoms. The van der Waals surface area contributed by atoms with E-state index in [4.69, 9.17) is 18.9 Å². The average molecular weight is 835 g/mol. The van der Waals surface area contributed by atoms with Gasteiger partial charge >= 0.3 is 0 Å². The first-order valence-electron chi connectivity index (χ1n) is 22.3. The van der Waals surface area contributed by atoms with Gasteiger partial charge in [-0.15, -0.1) is 0 Å². The first kappa shape index (κ1) is 44.4. The Hall–Kier alpha value is -5.70. The first-order chi connectivity index (χ1) is 30.0. The predicted octanol–water partition coefficient (Wildman–Crippen LogP) is 10.7. The Morgan fingerprint density at radius 3 is 1.89 bits per heavy atom. The molecule has 0 radical (unpaired) electrons. The van der Waals surface area contributed by atoms with Gasteiger partial charge in [0.25, 0.3) is 0 Å². The van der Waals surface area contributed by atoms with Gasteiger partial charge in [0.15, 0.2) is 11.6 Å². The van der Waals surface area contributed by atoms with Gasteiger partial charge in [0.05, 0.1) is 0 Å². The van der Waals surface area contributed by atoms with Gasteiger partial charge in [-0.2, -0.15) is 0 Å². The second-order valence-corrected chi connectivity index (χ2v) is 17.2. The number of hydrogen-bond acceptors (Lipinski definition) is 8. The van der Waals surface area contributed by atoms with Gasteiger partial charge in [0.1, 0.15) is 49.4 Å². The molecule has 1 aliphatic heterocycles. The first-order valence-corrected chi connectivity index (χ1v) is 22.3. The molecular weight excluding hydrogens is 773 g/mol. The normalized spacial score (nSPS) is 13.1. The maximum atomic E-state index is 12.2. The number of benzene rings is 6.